The summed E-state index contributed by atoms with van der Waals surface area (Å²) in [6.45, 7) is 1.56. The first kappa shape index (κ1) is 14.0. The summed E-state index contributed by atoms with van der Waals surface area (Å²) < 4.78 is 10.5. The SMILES string of the molecule is COc1ccnc(CN2C[C@H](O)C[C@@H](O)C2)c1OC. The lowest BCUT2D eigenvalue weighted by molar-refractivity contribution is -0.0117. The molecular weight excluding hydrogens is 248 g/mol. The zero-order valence-electron chi connectivity index (χ0n) is 11.2. The molecule has 0 bridgehead atoms. The van der Waals surface area contributed by atoms with E-state index in [0.29, 0.717) is 37.6 Å². The molecule has 0 radical (unpaired) electrons. The molecule has 2 atom stereocenters. The lowest BCUT2D eigenvalue weighted by Gasteiger charge is -2.33. The van der Waals surface area contributed by atoms with Crippen molar-refractivity contribution >= 4 is 0 Å². The van der Waals surface area contributed by atoms with Gasteiger partial charge < -0.3 is 19.7 Å². The summed E-state index contributed by atoms with van der Waals surface area (Å²) in [6.07, 6.45) is 1.09. The first-order valence-corrected chi connectivity index (χ1v) is 6.28. The van der Waals surface area contributed by atoms with Crippen LogP contribution in [-0.4, -0.2) is 59.6 Å². The molecule has 6 heteroatoms. The van der Waals surface area contributed by atoms with Crippen molar-refractivity contribution in [1.29, 1.82) is 0 Å². The third-order valence-corrected chi connectivity index (χ3v) is 3.22. The van der Waals surface area contributed by atoms with Crippen LogP contribution in [0.2, 0.25) is 0 Å². The van der Waals surface area contributed by atoms with Crippen LogP contribution in [-0.2, 0) is 6.54 Å². The van der Waals surface area contributed by atoms with Crippen LogP contribution in [0.5, 0.6) is 11.5 Å². The summed E-state index contributed by atoms with van der Waals surface area (Å²) in [4.78, 5) is 6.25. The molecule has 1 aromatic heterocycles. The molecular formula is C13H20N2O4. The number of nitrogens with zero attached hydrogens (tertiary/aromatic N) is 2. The van der Waals surface area contributed by atoms with E-state index in [1.807, 2.05) is 4.90 Å². The van der Waals surface area contributed by atoms with Crippen LogP contribution in [0.4, 0.5) is 0 Å². The Morgan fingerprint density at radius 2 is 1.95 bits per heavy atom. The average Bonchev–Trinajstić information content (AvgIpc) is 2.37. The van der Waals surface area contributed by atoms with Gasteiger partial charge in [0.15, 0.2) is 11.5 Å². The lowest BCUT2D eigenvalue weighted by Crippen LogP contribution is -2.45. The highest BCUT2D eigenvalue weighted by Crippen LogP contribution is 2.30. The number of hydrogen-bond donors (Lipinski definition) is 2. The van der Waals surface area contributed by atoms with Crippen LogP contribution < -0.4 is 9.47 Å². The molecule has 0 aliphatic carbocycles. The maximum atomic E-state index is 9.68. The van der Waals surface area contributed by atoms with Gasteiger partial charge in [-0.25, -0.2) is 0 Å². The van der Waals surface area contributed by atoms with Crippen LogP contribution in [0.25, 0.3) is 0 Å². The number of β-amino-alcohol motifs (C(OH)–C–C–N with tert-alkyl or cyclic N) is 2. The van der Waals surface area contributed by atoms with Gasteiger partial charge in [-0.1, -0.05) is 0 Å². The Balaban J connectivity index is 2.14. The summed E-state index contributed by atoms with van der Waals surface area (Å²) in [5, 5.41) is 19.4. The molecule has 0 amide bonds. The number of aromatic nitrogens is 1. The predicted octanol–water partition coefficient (Wildman–Crippen LogP) is 0.0263. The fraction of sp³-hybridized carbons (Fsp3) is 0.615. The van der Waals surface area contributed by atoms with Crippen LogP contribution in [0.1, 0.15) is 12.1 Å². The number of aliphatic hydroxyl groups is 2. The third-order valence-electron chi connectivity index (χ3n) is 3.22. The van der Waals surface area contributed by atoms with Crippen LogP contribution in [0, 0.1) is 0 Å². The van der Waals surface area contributed by atoms with Gasteiger partial charge >= 0.3 is 0 Å². The minimum atomic E-state index is -0.500. The van der Waals surface area contributed by atoms with Crippen LogP contribution in [0.15, 0.2) is 12.3 Å². The van der Waals surface area contributed by atoms with Gasteiger partial charge in [0.05, 0.1) is 26.4 Å². The molecule has 0 saturated carbocycles. The Kier molecular flexibility index (Phi) is 4.57. The number of likely N-dealkylation sites (tertiary alicyclic amines) is 1. The topological polar surface area (TPSA) is 75.1 Å². The molecule has 1 aromatic rings. The molecule has 2 N–H and O–H groups in total. The molecule has 1 fully saturated rings. The number of aliphatic hydroxyl groups excluding tert-OH is 2. The molecule has 0 unspecified atom stereocenters. The lowest BCUT2D eigenvalue weighted by atomic mass is 10.1. The maximum Gasteiger partial charge on any atom is 0.183 e. The normalized spacial score (nSPS) is 24.2. The largest absolute Gasteiger partial charge is 0.493 e. The van der Waals surface area contributed by atoms with E-state index in [1.54, 1.807) is 26.5 Å². The zero-order valence-corrected chi connectivity index (χ0v) is 11.2. The molecule has 106 valence electrons. The third kappa shape index (κ3) is 3.34. The van der Waals surface area contributed by atoms with Crippen molar-refractivity contribution in [2.45, 2.75) is 25.2 Å². The quantitative estimate of drug-likeness (QED) is 0.802. The van der Waals surface area contributed by atoms with Gasteiger partial charge in [-0.15, -0.1) is 0 Å². The minimum Gasteiger partial charge on any atom is -0.493 e. The van der Waals surface area contributed by atoms with E-state index in [0.717, 1.165) is 5.69 Å². The van der Waals surface area contributed by atoms with Gasteiger partial charge in [-0.05, 0) is 0 Å². The van der Waals surface area contributed by atoms with Crippen molar-refractivity contribution in [3.63, 3.8) is 0 Å². The van der Waals surface area contributed by atoms with E-state index < -0.39 is 12.2 Å². The van der Waals surface area contributed by atoms with Crippen molar-refractivity contribution in [3.05, 3.63) is 18.0 Å². The summed E-state index contributed by atoms with van der Waals surface area (Å²) in [5.41, 5.74) is 0.739. The maximum absolute atomic E-state index is 9.68. The summed E-state index contributed by atoms with van der Waals surface area (Å²) in [6, 6.07) is 1.74. The minimum absolute atomic E-state index is 0.430. The van der Waals surface area contributed by atoms with Gasteiger partial charge in [0.25, 0.3) is 0 Å². The molecule has 0 spiro atoms. The van der Waals surface area contributed by atoms with Crippen LogP contribution >= 0.6 is 0 Å². The second-order valence-electron chi connectivity index (χ2n) is 4.73. The Morgan fingerprint density at radius 1 is 1.26 bits per heavy atom. The summed E-state index contributed by atoms with van der Waals surface area (Å²) >= 11 is 0. The molecule has 19 heavy (non-hydrogen) atoms. The zero-order chi connectivity index (χ0) is 13.8. The van der Waals surface area contributed by atoms with E-state index in [9.17, 15) is 10.2 Å². The van der Waals surface area contributed by atoms with E-state index in [1.165, 1.54) is 0 Å². The first-order valence-electron chi connectivity index (χ1n) is 6.28. The molecule has 1 aliphatic heterocycles. The Bertz CT molecular complexity index is 417. The van der Waals surface area contributed by atoms with Crippen molar-refractivity contribution in [1.82, 2.24) is 9.88 Å². The van der Waals surface area contributed by atoms with Gasteiger partial charge in [0.2, 0.25) is 0 Å². The van der Waals surface area contributed by atoms with Crippen molar-refractivity contribution < 1.29 is 19.7 Å². The highest BCUT2D eigenvalue weighted by atomic mass is 16.5. The molecule has 0 aromatic carbocycles. The second kappa shape index (κ2) is 6.18. The van der Waals surface area contributed by atoms with E-state index in [4.69, 9.17) is 9.47 Å². The number of piperidine rings is 1. The van der Waals surface area contributed by atoms with Crippen molar-refractivity contribution in [2.75, 3.05) is 27.3 Å². The van der Waals surface area contributed by atoms with E-state index in [2.05, 4.69) is 4.98 Å². The number of pyridine rings is 1. The van der Waals surface area contributed by atoms with Gasteiger partial charge in [0, 0.05) is 38.3 Å². The highest BCUT2D eigenvalue weighted by Gasteiger charge is 2.25. The molecule has 1 aliphatic rings. The highest BCUT2D eigenvalue weighted by molar-refractivity contribution is 5.42. The Labute approximate surface area is 112 Å². The van der Waals surface area contributed by atoms with E-state index >= 15 is 0 Å². The van der Waals surface area contributed by atoms with Gasteiger partial charge in [-0.2, -0.15) is 0 Å². The number of ether oxygens (including phenoxy) is 2. The van der Waals surface area contributed by atoms with Crippen molar-refractivity contribution in [2.24, 2.45) is 0 Å². The smallest absolute Gasteiger partial charge is 0.183 e. The van der Waals surface area contributed by atoms with Crippen LogP contribution in [0.3, 0.4) is 0 Å². The fourth-order valence-electron chi connectivity index (χ4n) is 2.44. The van der Waals surface area contributed by atoms with Crippen molar-refractivity contribution in [3.8, 4) is 11.5 Å². The molecule has 2 heterocycles. The molecule has 6 nitrogen and oxygen atoms in total. The Morgan fingerprint density at radius 3 is 2.53 bits per heavy atom. The average molecular weight is 268 g/mol. The monoisotopic (exact) mass is 268 g/mol. The first-order chi connectivity index (χ1) is 9.13. The van der Waals surface area contributed by atoms with Gasteiger partial charge in [0.1, 0.15) is 5.69 Å². The second-order valence-corrected chi connectivity index (χ2v) is 4.73. The summed E-state index contributed by atoms with van der Waals surface area (Å²) in [7, 11) is 3.15. The molecule has 1 saturated heterocycles. The number of hydrogen-bond acceptors (Lipinski definition) is 6. The predicted molar refractivity (Wildman–Crippen MR) is 69.2 cm³/mol. The fourth-order valence-corrected chi connectivity index (χ4v) is 2.44. The molecule has 2 rings (SSSR count). The Hall–Kier alpha value is -1.37. The summed E-state index contributed by atoms with van der Waals surface area (Å²) in [5.74, 6) is 1.23. The number of rotatable bonds is 4. The number of methoxy groups -OCH3 is 2. The van der Waals surface area contributed by atoms with E-state index in [-0.39, 0.29) is 0 Å². The standard InChI is InChI=1S/C13H20N2O4/c1-18-12-3-4-14-11(13(12)19-2)8-15-6-9(16)5-10(17)7-15/h3-4,9-10,16-17H,5-8H2,1-2H3/t9-,10-/m1/s1. The van der Waals surface area contributed by atoms with Gasteiger partial charge in [-0.3, -0.25) is 9.88 Å².